The third kappa shape index (κ3) is 8.31. The zero-order valence-electron chi connectivity index (χ0n) is 24.4. The summed E-state index contributed by atoms with van der Waals surface area (Å²) in [5.41, 5.74) is 0.549. The van der Waals surface area contributed by atoms with Gasteiger partial charge in [0.05, 0.1) is 6.61 Å². The Balaban J connectivity index is 1.12. The molecule has 0 atom stereocenters. The molecule has 4 rings (SSSR count). The molecular weight excluding hydrogens is 474 g/mol. The Morgan fingerprint density at radius 3 is 2.03 bits per heavy atom. The summed E-state index contributed by atoms with van der Waals surface area (Å²) >= 11 is 0. The first-order chi connectivity index (χ1) is 18.6. The molecule has 1 aromatic carbocycles. The molecule has 0 amide bonds. The third-order valence-corrected chi connectivity index (χ3v) is 10.3. The van der Waals surface area contributed by atoms with E-state index in [2.05, 4.69) is 26.0 Å². The van der Waals surface area contributed by atoms with Gasteiger partial charge in [-0.2, -0.15) is 4.39 Å². The van der Waals surface area contributed by atoms with Crippen molar-refractivity contribution in [3.63, 3.8) is 0 Å². The van der Waals surface area contributed by atoms with Crippen LogP contribution in [-0.4, -0.2) is 6.61 Å². The second kappa shape index (κ2) is 15.4. The second-order valence-corrected chi connectivity index (χ2v) is 13.0. The van der Waals surface area contributed by atoms with Crippen LogP contribution in [0.15, 0.2) is 24.3 Å². The predicted octanol–water partition coefficient (Wildman–Crippen LogP) is 11.2. The summed E-state index contributed by atoms with van der Waals surface area (Å²) in [6, 6.07) is 3.39. The second-order valence-electron chi connectivity index (χ2n) is 13.0. The summed E-state index contributed by atoms with van der Waals surface area (Å²) < 4.78 is 34.8. The average molecular weight is 529 g/mol. The van der Waals surface area contributed by atoms with Crippen LogP contribution in [0.1, 0.15) is 141 Å². The van der Waals surface area contributed by atoms with Gasteiger partial charge >= 0.3 is 0 Å². The molecule has 3 aliphatic rings. The Bertz CT molecular complexity index is 840. The molecule has 0 spiro atoms. The van der Waals surface area contributed by atoms with Gasteiger partial charge in [0.15, 0.2) is 11.6 Å². The van der Waals surface area contributed by atoms with Crippen molar-refractivity contribution in [1.82, 2.24) is 0 Å². The van der Waals surface area contributed by atoms with Crippen LogP contribution in [0.5, 0.6) is 5.75 Å². The van der Waals surface area contributed by atoms with Gasteiger partial charge in [-0.3, -0.25) is 0 Å². The molecule has 0 aliphatic heterocycles. The SMILES string of the molecule is CCCCOc1ccc(C2CCC(CC/C=C/C3CCC(C4CCC(CCC)CC4)CC3)CC2)c(F)c1F. The van der Waals surface area contributed by atoms with Gasteiger partial charge in [-0.1, -0.05) is 64.2 Å². The van der Waals surface area contributed by atoms with Gasteiger partial charge in [0.25, 0.3) is 0 Å². The van der Waals surface area contributed by atoms with E-state index in [1.165, 1.54) is 77.0 Å². The fraction of sp³-hybridized carbons (Fsp3) is 0.771. The minimum absolute atomic E-state index is 0.0585. The van der Waals surface area contributed by atoms with E-state index < -0.39 is 11.6 Å². The van der Waals surface area contributed by atoms with E-state index in [0.29, 0.717) is 12.2 Å². The Kier molecular flexibility index (Phi) is 12.0. The van der Waals surface area contributed by atoms with Crippen LogP contribution in [0, 0.1) is 41.2 Å². The Hall–Kier alpha value is -1.38. The molecular formula is C35H54F2O. The lowest BCUT2D eigenvalue weighted by Crippen LogP contribution is -2.25. The molecule has 0 radical (unpaired) electrons. The molecule has 3 saturated carbocycles. The van der Waals surface area contributed by atoms with Crippen LogP contribution < -0.4 is 4.74 Å². The van der Waals surface area contributed by atoms with Gasteiger partial charge < -0.3 is 4.74 Å². The topological polar surface area (TPSA) is 9.23 Å². The highest BCUT2D eigenvalue weighted by Gasteiger charge is 2.30. The molecule has 38 heavy (non-hydrogen) atoms. The maximum atomic E-state index is 14.8. The first-order valence-electron chi connectivity index (χ1n) is 16.4. The highest BCUT2D eigenvalue weighted by Crippen LogP contribution is 2.43. The van der Waals surface area contributed by atoms with Gasteiger partial charge in [0, 0.05) is 0 Å². The Labute approximate surface area is 232 Å². The van der Waals surface area contributed by atoms with E-state index in [0.717, 1.165) is 68.1 Å². The first kappa shape index (κ1) is 29.6. The molecule has 1 nitrogen and oxygen atoms in total. The van der Waals surface area contributed by atoms with Gasteiger partial charge in [0.2, 0.25) is 5.82 Å². The van der Waals surface area contributed by atoms with Crippen LogP contribution in [0.4, 0.5) is 8.78 Å². The molecule has 0 bridgehead atoms. The fourth-order valence-electron chi connectivity index (χ4n) is 7.85. The third-order valence-electron chi connectivity index (χ3n) is 10.3. The molecule has 0 unspecified atom stereocenters. The van der Waals surface area contributed by atoms with Crippen molar-refractivity contribution < 1.29 is 13.5 Å². The normalized spacial score (nSPS) is 30.5. The summed E-state index contributed by atoms with van der Waals surface area (Å²) in [7, 11) is 0. The number of hydrogen-bond donors (Lipinski definition) is 0. The number of unbranched alkanes of at least 4 members (excludes halogenated alkanes) is 1. The Morgan fingerprint density at radius 1 is 0.737 bits per heavy atom. The fourth-order valence-corrected chi connectivity index (χ4v) is 7.85. The molecule has 1 aromatic rings. The van der Waals surface area contributed by atoms with Crippen molar-refractivity contribution in [2.45, 2.75) is 135 Å². The number of hydrogen-bond acceptors (Lipinski definition) is 1. The van der Waals surface area contributed by atoms with Crippen LogP contribution in [-0.2, 0) is 0 Å². The van der Waals surface area contributed by atoms with Crippen LogP contribution >= 0.6 is 0 Å². The van der Waals surface area contributed by atoms with Gasteiger partial charge in [-0.25, -0.2) is 4.39 Å². The van der Waals surface area contributed by atoms with Crippen molar-refractivity contribution >= 4 is 0 Å². The highest BCUT2D eigenvalue weighted by molar-refractivity contribution is 5.33. The smallest absolute Gasteiger partial charge is 0.200 e. The zero-order valence-corrected chi connectivity index (χ0v) is 24.4. The number of halogens is 2. The van der Waals surface area contributed by atoms with Gasteiger partial charge in [-0.05, 0) is 131 Å². The monoisotopic (exact) mass is 528 g/mol. The van der Waals surface area contributed by atoms with Crippen molar-refractivity contribution in [2.75, 3.05) is 6.61 Å². The maximum Gasteiger partial charge on any atom is 0.200 e. The molecule has 0 N–H and O–H groups in total. The lowest BCUT2D eigenvalue weighted by atomic mass is 9.68. The summed E-state index contributed by atoms with van der Waals surface area (Å²) in [5, 5.41) is 0. The van der Waals surface area contributed by atoms with Crippen molar-refractivity contribution in [1.29, 1.82) is 0 Å². The quantitative estimate of drug-likeness (QED) is 0.194. The van der Waals surface area contributed by atoms with E-state index >= 15 is 0 Å². The van der Waals surface area contributed by atoms with E-state index in [4.69, 9.17) is 4.74 Å². The van der Waals surface area contributed by atoms with Crippen molar-refractivity contribution in [3.8, 4) is 5.75 Å². The molecule has 3 fully saturated rings. The van der Waals surface area contributed by atoms with E-state index in [9.17, 15) is 8.78 Å². The van der Waals surface area contributed by atoms with Crippen molar-refractivity contribution in [2.24, 2.45) is 29.6 Å². The predicted molar refractivity (Wildman–Crippen MR) is 156 cm³/mol. The van der Waals surface area contributed by atoms with E-state index in [-0.39, 0.29) is 11.7 Å². The van der Waals surface area contributed by atoms with E-state index in [1.54, 1.807) is 12.1 Å². The lowest BCUT2D eigenvalue weighted by molar-refractivity contribution is 0.152. The van der Waals surface area contributed by atoms with Gasteiger partial charge in [0.1, 0.15) is 0 Å². The average Bonchev–Trinajstić information content (AvgIpc) is 2.95. The maximum absolute atomic E-state index is 14.8. The highest BCUT2D eigenvalue weighted by atomic mass is 19.2. The van der Waals surface area contributed by atoms with Crippen LogP contribution in [0.3, 0.4) is 0 Å². The lowest BCUT2D eigenvalue weighted by Gasteiger charge is -2.37. The molecule has 0 saturated heterocycles. The molecule has 3 heteroatoms. The largest absolute Gasteiger partial charge is 0.490 e. The number of benzene rings is 1. The minimum Gasteiger partial charge on any atom is -0.490 e. The van der Waals surface area contributed by atoms with Gasteiger partial charge in [-0.15, -0.1) is 0 Å². The summed E-state index contributed by atoms with van der Waals surface area (Å²) in [5.74, 6) is 3.26. The number of rotatable bonds is 12. The molecule has 3 aliphatic carbocycles. The van der Waals surface area contributed by atoms with Crippen molar-refractivity contribution in [3.05, 3.63) is 41.5 Å². The minimum atomic E-state index is -0.806. The summed E-state index contributed by atoms with van der Waals surface area (Å²) in [6.07, 6.45) is 27.9. The molecule has 0 heterocycles. The number of ether oxygens (including phenoxy) is 1. The Morgan fingerprint density at radius 2 is 1.37 bits per heavy atom. The first-order valence-corrected chi connectivity index (χ1v) is 16.4. The standard InChI is InChI=1S/C35H54F2O/c1-3-5-25-38-33-24-23-32(34(36)35(33)37)31-21-15-28(16-22-31)10-7-6-9-27-13-19-30(20-14-27)29-17-11-26(8-4-2)12-18-29/h6,9,23-24,26-31H,3-5,7-8,10-22,25H2,1-2H3/b9-6+. The molecule has 0 aromatic heterocycles. The zero-order chi connectivity index (χ0) is 26.7. The van der Waals surface area contributed by atoms with Crippen LogP contribution in [0.25, 0.3) is 0 Å². The summed E-state index contributed by atoms with van der Waals surface area (Å²) in [6.45, 7) is 4.83. The number of allylic oxidation sites excluding steroid dienone is 2. The molecule has 214 valence electrons. The summed E-state index contributed by atoms with van der Waals surface area (Å²) in [4.78, 5) is 0. The van der Waals surface area contributed by atoms with E-state index in [1.807, 2.05) is 0 Å². The van der Waals surface area contributed by atoms with Crippen LogP contribution in [0.2, 0.25) is 0 Å².